The largest absolute Gasteiger partial charge is 0.507 e. The molecule has 1 amide bonds. The van der Waals surface area contributed by atoms with Crippen LogP contribution in [0.15, 0.2) is 53.8 Å². The number of phenolic OH excluding ortho intramolecular Hbond substituents is 1. The predicted octanol–water partition coefficient (Wildman–Crippen LogP) is 2.65. The maximum atomic E-state index is 12.2. The lowest BCUT2D eigenvalue weighted by molar-refractivity contribution is 0.0957. The molecule has 0 atom stereocenters. The predicted molar refractivity (Wildman–Crippen MR) is 88.0 cm³/mol. The van der Waals surface area contributed by atoms with E-state index in [2.05, 4.69) is 15.5 Å². The molecule has 3 rings (SSSR count). The third-order valence-electron chi connectivity index (χ3n) is 3.44. The molecule has 0 aliphatic heterocycles. The maximum absolute atomic E-state index is 12.2. The Morgan fingerprint density at radius 3 is 2.96 bits per heavy atom. The number of hydrogen-bond donors (Lipinski definition) is 3. The molecule has 0 unspecified atom stereocenters. The first-order chi connectivity index (χ1) is 11.2. The van der Waals surface area contributed by atoms with E-state index in [1.807, 2.05) is 24.3 Å². The first kappa shape index (κ1) is 14.6. The lowest BCUT2D eigenvalue weighted by atomic mass is 10.2. The van der Waals surface area contributed by atoms with Crippen LogP contribution in [0.1, 0.15) is 15.9 Å². The minimum absolute atomic E-state index is 0.0518. The number of aromatic amines is 1. The fourth-order valence-electron chi connectivity index (χ4n) is 2.24. The van der Waals surface area contributed by atoms with Gasteiger partial charge in [-0.15, -0.1) is 0 Å². The van der Waals surface area contributed by atoms with Crippen molar-refractivity contribution in [3.63, 3.8) is 0 Å². The smallest absolute Gasteiger partial charge is 0.273 e. The average Bonchev–Trinajstić information content (AvgIpc) is 3.00. The molecule has 0 aliphatic rings. The number of hydrogen-bond acceptors (Lipinski definition) is 4. The van der Waals surface area contributed by atoms with Crippen LogP contribution < -0.4 is 10.2 Å². The van der Waals surface area contributed by atoms with E-state index in [0.29, 0.717) is 16.9 Å². The van der Waals surface area contributed by atoms with E-state index < -0.39 is 0 Å². The van der Waals surface area contributed by atoms with Gasteiger partial charge < -0.3 is 14.8 Å². The zero-order valence-electron chi connectivity index (χ0n) is 12.4. The summed E-state index contributed by atoms with van der Waals surface area (Å²) < 4.78 is 5.08. The molecule has 1 heterocycles. The summed E-state index contributed by atoms with van der Waals surface area (Å²) in [5.74, 6) is 0.309. The monoisotopic (exact) mass is 309 g/mol. The van der Waals surface area contributed by atoms with Gasteiger partial charge in [0.2, 0.25) is 0 Å². The van der Waals surface area contributed by atoms with Crippen LogP contribution in [0.3, 0.4) is 0 Å². The van der Waals surface area contributed by atoms with E-state index >= 15 is 0 Å². The number of nitrogens with one attached hydrogen (secondary N) is 2. The van der Waals surface area contributed by atoms with E-state index in [-0.39, 0.29) is 11.7 Å². The molecule has 2 aromatic carbocycles. The molecule has 6 heteroatoms. The van der Waals surface area contributed by atoms with Crippen molar-refractivity contribution in [1.29, 1.82) is 0 Å². The Morgan fingerprint density at radius 2 is 2.13 bits per heavy atom. The highest BCUT2D eigenvalue weighted by Gasteiger charge is 2.10. The lowest BCUT2D eigenvalue weighted by Crippen LogP contribution is -2.17. The van der Waals surface area contributed by atoms with E-state index in [1.54, 1.807) is 18.3 Å². The van der Waals surface area contributed by atoms with Gasteiger partial charge in [-0.25, -0.2) is 5.43 Å². The number of ether oxygens (including phenoxy) is 1. The van der Waals surface area contributed by atoms with Crippen LogP contribution >= 0.6 is 0 Å². The number of phenols is 1. The van der Waals surface area contributed by atoms with Crippen molar-refractivity contribution in [2.75, 3.05) is 7.11 Å². The summed E-state index contributed by atoms with van der Waals surface area (Å²) in [6, 6.07) is 12.3. The molecule has 3 N–H and O–H groups in total. The molecule has 0 aliphatic carbocycles. The second-order valence-corrected chi connectivity index (χ2v) is 4.87. The van der Waals surface area contributed by atoms with E-state index in [0.717, 1.165) is 10.9 Å². The Bertz CT molecular complexity index is 884. The topological polar surface area (TPSA) is 86.7 Å². The Morgan fingerprint density at radius 1 is 1.30 bits per heavy atom. The summed E-state index contributed by atoms with van der Waals surface area (Å²) >= 11 is 0. The van der Waals surface area contributed by atoms with Crippen molar-refractivity contribution < 1.29 is 14.6 Å². The number of rotatable bonds is 4. The van der Waals surface area contributed by atoms with Crippen LogP contribution in [0.25, 0.3) is 10.9 Å². The van der Waals surface area contributed by atoms with Crippen LogP contribution in [0.4, 0.5) is 0 Å². The van der Waals surface area contributed by atoms with E-state index in [1.165, 1.54) is 19.4 Å². The summed E-state index contributed by atoms with van der Waals surface area (Å²) in [6.45, 7) is 0. The molecule has 116 valence electrons. The number of amides is 1. The Kier molecular flexibility index (Phi) is 3.97. The van der Waals surface area contributed by atoms with Gasteiger partial charge in [-0.3, -0.25) is 4.79 Å². The van der Waals surface area contributed by atoms with Crippen molar-refractivity contribution in [2.24, 2.45) is 5.10 Å². The number of nitrogens with zero attached hydrogens (tertiary/aromatic N) is 1. The molecular weight excluding hydrogens is 294 g/mol. The highest BCUT2D eigenvalue weighted by molar-refractivity contribution is 6.06. The molecule has 0 saturated carbocycles. The summed E-state index contributed by atoms with van der Waals surface area (Å²) in [6.07, 6.45) is 3.00. The number of hydrazone groups is 1. The SMILES string of the molecule is COc1ccc(O)c(C=NNC(=O)c2c[nH]c3ccccc23)c1. The van der Waals surface area contributed by atoms with Crippen LogP contribution in [0.5, 0.6) is 11.5 Å². The Hall–Kier alpha value is -3.28. The average molecular weight is 309 g/mol. The van der Waals surface area contributed by atoms with Crippen molar-refractivity contribution in [1.82, 2.24) is 10.4 Å². The van der Waals surface area contributed by atoms with E-state index in [9.17, 15) is 9.90 Å². The molecular formula is C17H15N3O3. The minimum atomic E-state index is -0.332. The number of fused-ring (bicyclic) bond motifs is 1. The van der Waals surface area contributed by atoms with Gasteiger partial charge in [0, 0.05) is 22.7 Å². The molecule has 0 bridgehead atoms. The first-order valence-electron chi connectivity index (χ1n) is 6.95. The lowest BCUT2D eigenvalue weighted by Gasteiger charge is -2.03. The number of para-hydroxylation sites is 1. The fraction of sp³-hybridized carbons (Fsp3) is 0.0588. The van der Waals surface area contributed by atoms with Crippen LogP contribution in [-0.4, -0.2) is 29.3 Å². The highest BCUT2D eigenvalue weighted by atomic mass is 16.5. The normalized spacial score (nSPS) is 11.0. The number of aromatic nitrogens is 1. The zero-order chi connectivity index (χ0) is 16.2. The molecule has 1 aromatic heterocycles. The van der Waals surface area contributed by atoms with Gasteiger partial charge in [0.15, 0.2) is 0 Å². The van der Waals surface area contributed by atoms with Gasteiger partial charge in [0.1, 0.15) is 11.5 Å². The zero-order valence-corrected chi connectivity index (χ0v) is 12.4. The molecule has 6 nitrogen and oxygen atoms in total. The summed E-state index contributed by atoms with van der Waals surface area (Å²) in [5.41, 5.74) is 4.29. The van der Waals surface area contributed by atoms with Gasteiger partial charge in [-0.1, -0.05) is 18.2 Å². The summed E-state index contributed by atoms with van der Waals surface area (Å²) in [5, 5.41) is 14.5. The van der Waals surface area contributed by atoms with Crippen molar-refractivity contribution in [3.05, 3.63) is 59.8 Å². The van der Waals surface area contributed by atoms with Gasteiger partial charge in [-0.05, 0) is 24.3 Å². The van der Waals surface area contributed by atoms with Crippen molar-refractivity contribution in [3.8, 4) is 11.5 Å². The fourth-order valence-corrected chi connectivity index (χ4v) is 2.24. The number of benzene rings is 2. The minimum Gasteiger partial charge on any atom is -0.507 e. The van der Waals surface area contributed by atoms with Crippen LogP contribution in [0, 0.1) is 0 Å². The number of H-pyrrole nitrogens is 1. The quantitative estimate of drug-likeness (QED) is 0.511. The van der Waals surface area contributed by atoms with Gasteiger partial charge >= 0.3 is 0 Å². The van der Waals surface area contributed by atoms with Gasteiger partial charge in [0.05, 0.1) is 18.9 Å². The molecule has 0 radical (unpaired) electrons. The molecule has 0 saturated heterocycles. The Labute approximate surface area is 132 Å². The molecule has 3 aromatic rings. The third kappa shape index (κ3) is 3.01. The van der Waals surface area contributed by atoms with Crippen LogP contribution in [-0.2, 0) is 0 Å². The number of carbonyl (C=O) groups is 1. The van der Waals surface area contributed by atoms with Crippen molar-refractivity contribution >= 4 is 23.0 Å². The molecule has 23 heavy (non-hydrogen) atoms. The summed E-state index contributed by atoms with van der Waals surface area (Å²) in [7, 11) is 1.53. The van der Waals surface area contributed by atoms with Gasteiger partial charge in [-0.2, -0.15) is 5.10 Å². The number of methoxy groups -OCH3 is 1. The Balaban J connectivity index is 1.76. The number of aromatic hydroxyl groups is 1. The van der Waals surface area contributed by atoms with Crippen molar-refractivity contribution in [2.45, 2.75) is 0 Å². The highest BCUT2D eigenvalue weighted by Crippen LogP contribution is 2.21. The molecule has 0 fully saturated rings. The second kappa shape index (κ2) is 6.23. The third-order valence-corrected chi connectivity index (χ3v) is 3.44. The van der Waals surface area contributed by atoms with Gasteiger partial charge in [0.25, 0.3) is 5.91 Å². The second-order valence-electron chi connectivity index (χ2n) is 4.87. The standard InChI is InChI=1S/C17H15N3O3/c1-23-12-6-7-16(21)11(8-12)9-19-20-17(22)14-10-18-15-5-3-2-4-13(14)15/h2-10,18,21H,1H3,(H,20,22). The first-order valence-corrected chi connectivity index (χ1v) is 6.95. The summed E-state index contributed by atoms with van der Waals surface area (Å²) in [4.78, 5) is 15.2. The van der Waals surface area contributed by atoms with E-state index in [4.69, 9.17) is 4.74 Å². The maximum Gasteiger partial charge on any atom is 0.273 e. The van der Waals surface area contributed by atoms with Crippen LogP contribution in [0.2, 0.25) is 0 Å². The number of carbonyl (C=O) groups excluding carboxylic acids is 1. The molecule has 0 spiro atoms.